The fourth-order valence-corrected chi connectivity index (χ4v) is 3.12. The average molecular weight is 292 g/mol. The zero-order chi connectivity index (χ0) is 14.8. The molecule has 1 aliphatic carbocycles. The molecule has 3 rings (SSSR count). The molecule has 0 saturated heterocycles. The van der Waals surface area contributed by atoms with E-state index in [2.05, 4.69) is 16.9 Å². The van der Waals surface area contributed by atoms with Gasteiger partial charge >= 0.3 is 0 Å². The van der Waals surface area contributed by atoms with E-state index in [-0.39, 0.29) is 5.82 Å². The number of aliphatic hydroxyl groups is 1. The third-order valence-electron chi connectivity index (χ3n) is 4.48. The molecule has 0 amide bonds. The minimum absolute atomic E-state index is 0.299. The Bertz CT molecular complexity index is 605. The molecule has 0 aliphatic heterocycles. The van der Waals surface area contributed by atoms with Gasteiger partial charge in [0.1, 0.15) is 11.3 Å². The van der Waals surface area contributed by atoms with Crippen LogP contribution in [0.25, 0.3) is 11.1 Å². The zero-order valence-corrected chi connectivity index (χ0v) is 12.3. The highest BCUT2D eigenvalue weighted by Gasteiger charge is 2.24. The molecule has 1 aromatic carbocycles. The summed E-state index contributed by atoms with van der Waals surface area (Å²) in [5.41, 5.74) is 1.20. The molecule has 1 heterocycles. The molecule has 0 bridgehead atoms. The lowest BCUT2D eigenvalue weighted by molar-refractivity contribution is 0.118. The molecule has 5 heteroatoms. The number of hydrogen-bond donors (Lipinski definition) is 1. The van der Waals surface area contributed by atoms with Crippen LogP contribution >= 0.6 is 0 Å². The van der Waals surface area contributed by atoms with Crippen LogP contribution in [0, 0.1) is 11.7 Å². The van der Waals surface area contributed by atoms with Gasteiger partial charge in [0.2, 0.25) is 5.89 Å². The van der Waals surface area contributed by atoms with Crippen LogP contribution in [0.2, 0.25) is 0 Å². The molecule has 1 saturated carbocycles. The number of fused-ring (bicyclic) bond motifs is 1. The van der Waals surface area contributed by atoms with Crippen molar-refractivity contribution in [1.29, 1.82) is 0 Å². The van der Waals surface area contributed by atoms with Crippen LogP contribution in [0.15, 0.2) is 22.6 Å². The molecule has 0 radical (unpaired) electrons. The van der Waals surface area contributed by atoms with E-state index < -0.39 is 0 Å². The molecule has 114 valence electrons. The Balaban J connectivity index is 1.64. The van der Waals surface area contributed by atoms with E-state index in [4.69, 9.17) is 4.42 Å². The van der Waals surface area contributed by atoms with Crippen molar-refractivity contribution in [3.8, 4) is 0 Å². The SMILES string of the molecule is CN(Cc1nc2ccc(F)cc2o1)C1CCC(CO)CC1. The first-order chi connectivity index (χ1) is 10.2. The van der Waals surface area contributed by atoms with E-state index in [0.29, 0.717) is 42.1 Å². The first-order valence-electron chi connectivity index (χ1n) is 7.52. The largest absolute Gasteiger partial charge is 0.439 e. The quantitative estimate of drug-likeness (QED) is 0.941. The smallest absolute Gasteiger partial charge is 0.209 e. The second-order valence-corrected chi connectivity index (χ2v) is 5.99. The van der Waals surface area contributed by atoms with Crippen molar-refractivity contribution >= 4 is 11.1 Å². The molecular weight excluding hydrogens is 271 g/mol. The van der Waals surface area contributed by atoms with E-state index in [1.807, 2.05) is 0 Å². The minimum atomic E-state index is -0.305. The van der Waals surface area contributed by atoms with Crippen molar-refractivity contribution in [2.75, 3.05) is 13.7 Å². The maximum absolute atomic E-state index is 13.2. The Morgan fingerprint density at radius 1 is 1.33 bits per heavy atom. The number of aromatic nitrogens is 1. The Morgan fingerprint density at radius 3 is 2.81 bits per heavy atom. The van der Waals surface area contributed by atoms with Crippen molar-refractivity contribution < 1.29 is 13.9 Å². The summed E-state index contributed by atoms with van der Waals surface area (Å²) < 4.78 is 18.8. The lowest BCUT2D eigenvalue weighted by Gasteiger charge is -2.33. The van der Waals surface area contributed by atoms with Gasteiger partial charge < -0.3 is 9.52 Å². The van der Waals surface area contributed by atoms with Crippen LogP contribution in [-0.2, 0) is 6.54 Å². The predicted octanol–water partition coefficient (Wildman–Crippen LogP) is 2.95. The maximum atomic E-state index is 13.2. The normalized spacial score (nSPS) is 23.0. The van der Waals surface area contributed by atoms with Gasteiger partial charge in [-0.25, -0.2) is 9.37 Å². The Morgan fingerprint density at radius 2 is 2.10 bits per heavy atom. The monoisotopic (exact) mass is 292 g/mol. The summed E-state index contributed by atoms with van der Waals surface area (Å²) >= 11 is 0. The molecule has 1 aromatic heterocycles. The summed E-state index contributed by atoms with van der Waals surface area (Å²) in [5.74, 6) is 0.783. The van der Waals surface area contributed by atoms with Gasteiger partial charge in [0.05, 0.1) is 6.54 Å². The van der Waals surface area contributed by atoms with Gasteiger partial charge in [-0.05, 0) is 50.8 Å². The van der Waals surface area contributed by atoms with E-state index >= 15 is 0 Å². The van der Waals surface area contributed by atoms with Crippen molar-refractivity contribution in [2.45, 2.75) is 38.3 Å². The molecule has 1 aliphatic rings. The van der Waals surface area contributed by atoms with Crippen molar-refractivity contribution in [3.05, 3.63) is 29.9 Å². The third-order valence-corrected chi connectivity index (χ3v) is 4.48. The summed E-state index contributed by atoms with van der Waals surface area (Å²) in [6.07, 6.45) is 4.34. The van der Waals surface area contributed by atoms with Crippen LogP contribution in [0.5, 0.6) is 0 Å². The number of aliphatic hydroxyl groups excluding tert-OH is 1. The maximum Gasteiger partial charge on any atom is 0.209 e. The molecule has 2 aromatic rings. The highest BCUT2D eigenvalue weighted by Crippen LogP contribution is 2.27. The summed E-state index contributed by atoms with van der Waals surface area (Å²) in [6.45, 7) is 0.928. The molecule has 21 heavy (non-hydrogen) atoms. The Kier molecular flexibility index (Phi) is 4.22. The Hall–Kier alpha value is -1.46. The molecular formula is C16H21FN2O2. The minimum Gasteiger partial charge on any atom is -0.439 e. The van der Waals surface area contributed by atoms with Crippen molar-refractivity contribution in [2.24, 2.45) is 5.92 Å². The predicted molar refractivity (Wildman–Crippen MR) is 78.3 cm³/mol. The number of hydrogen-bond acceptors (Lipinski definition) is 4. The first kappa shape index (κ1) is 14.5. The van der Waals surface area contributed by atoms with Gasteiger partial charge in [-0.3, -0.25) is 4.90 Å². The fourth-order valence-electron chi connectivity index (χ4n) is 3.12. The van der Waals surface area contributed by atoms with E-state index in [1.165, 1.54) is 12.1 Å². The number of oxazole rings is 1. The molecule has 0 spiro atoms. The van der Waals surface area contributed by atoms with Crippen molar-refractivity contribution in [1.82, 2.24) is 9.88 Å². The van der Waals surface area contributed by atoms with E-state index in [9.17, 15) is 9.50 Å². The first-order valence-corrected chi connectivity index (χ1v) is 7.52. The second-order valence-electron chi connectivity index (χ2n) is 5.99. The average Bonchev–Trinajstić information content (AvgIpc) is 2.88. The van der Waals surface area contributed by atoms with Gasteiger partial charge in [-0.15, -0.1) is 0 Å². The van der Waals surface area contributed by atoms with Crippen molar-refractivity contribution in [3.63, 3.8) is 0 Å². The second kappa shape index (κ2) is 6.12. The van der Waals surface area contributed by atoms with Crippen LogP contribution in [0.4, 0.5) is 4.39 Å². The Labute approximate surface area is 123 Å². The highest BCUT2D eigenvalue weighted by molar-refractivity contribution is 5.72. The van der Waals surface area contributed by atoms with E-state index in [1.54, 1.807) is 6.07 Å². The number of benzene rings is 1. The molecule has 0 unspecified atom stereocenters. The lowest BCUT2D eigenvalue weighted by Crippen LogP contribution is -2.35. The summed E-state index contributed by atoms with van der Waals surface area (Å²) in [4.78, 5) is 6.65. The molecule has 4 nitrogen and oxygen atoms in total. The summed E-state index contributed by atoms with van der Waals surface area (Å²) in [6, 6.07) is 4.91. The fraction of sp³-hybridized carbons (Fsp3) is 0.562. The third kappa shape index (κ3) is 3.24. The molecule has 0 atom stereocenters. The van der Waals surface area contributed by atoms with Crippen LogP contribution < -0.4 is 0 Å². The topological polar surface area (TPSA) is 49.5 Å². The van der Waals surface area contributed by atoms with Gasteiger partial charge in [0.15, 0.2) is 5.58 Å². The van der Waals surface area contributed by atoms with Gasteiger partial charge in [-0.2, -0.15) is 0 Å². The van der Waals surface area contributed by atoms with Crippen LogP contribution in [-0.4, -0.2) is 34.7 Å². The number of nitrogens with zero attached hydrogens (tertiary/aromatic N) is 2. The lowest BCUT2D eigenvalue weighted by atomic mass is 9.86. The van der Waals surface area contributed by atoms with E-state index in [0.717, 1.165) is 25.7 Å². The van der Waals surface area contributed by atoms with Gasteiger partial charge in [0, 0.05) is 18.7 Å². The summed E-state index contributed by atoms with van der Waals surface area (Å²) in [7, 11) is 2.07. The summed E-state index contributed by atoms with van der Waals surface area (Å²) in [5, 5.41) is 9.18. The highest BCUT2D eigenvalue weighted by atomic mass is 19.1. The number of rotatable bonds is 4. The standard InChI is InChI=1S/C16H21FN2O2/c1-19(13-5-2-11(10-20)3-6-13)9-16-18-14-7-4-12(17)8-15(14)21-16/h4,7-8,11,13,20H,2-3,5-6,9-10H2,1H3. The van der Waals surface area contributed by atoms with Gasteiger partial charge in [0.25, 0.3) is 0 Å². The molecule has 1 fully saturated rings. The number of halogens is 1. The zero-order valence-electron chi connectivity index (χ0n) is 12.3. The van der Waals surface area contributed by atoms with Crippen LogP contribution in [0.3, 0.4) is 0 Å². The van der Waals surface area contributed by atoms with Crippen LogP contribution in [0.1, 0.15) is 31.6 Å². The molecule has 1 N–H and O–H groups in total. The van der Waals surface area contributed by atoms with Gasteiger partial charge in [-0.1, -0.05) is 0 Å².